The Balaban J connectivity index is 1.95. The molecule has 0 amide bonds. The number of hydrogen-bond acceptors (Lipinski definition) is 3. The minimum Gasteiger partial charge on any atom is -0.248 e. The summed E-state index contributed by atoms with van der Waals surface area (Å²) in [6.07, 6.45) is 0. The molecule has 0 aliphatic heterocycles. The Kier molecular flexibility index (Phi) is 4.35. The van der Waals surface area contributed by atoms with Crippen LogP contribution in [0.25, 0.3) is 33.6 Å². The molecule has 0 saturated carbocycles. The highest BCUT2D eigenvalue weighted by molar-refractivity contribution is 5.80. The normalized spacial score (nSPS) is 10.5. The van der Waals surface area contributed by atoms with Crippen LogP contribution in [-0.2, 0) is 0 Å². The van der Waals surface area contributed by atoms with Crippen LogP contribution in [0.2, 0.25) is 0 Å². The van der Waals surface area contributed by atoms with Crippen molar-refractivity contribution in [2.75, 3.05) is 0 Å². The first-order valence-electron chi connectivity index (χ1n) is 8.41. The predicted molar refractivity (Wildman–Crippen MR) is 106 cm³/mol. The molecule has 26 heavy (non-hydrogen) atoms. The second-order valence-corrected chi connectivity index (χ2v) is 5.97. The average Bonchev–Trinajstić information content (AvgIpc) is 2.74. The zero-order valence-electron chi connectivity index (χ0n) is 14.0. The van der Waals surface area contributed by atoms with Crippen molar-refractivity contribution in [3.63, 3.8) is 0 Å². The van der Waals surface area contributed by atoms with Gasteiger partial charge >= 0.3 is 0 Å². The fraction of sp³-hybridized carbons (Fsp3) is 0. The molecule has 0 aliphatic carbocycles. The van der Waals surface area contributed by atoms with Gasteiger partial charge in [-0.2, -0.15) is 0 Å². The SMILES string of the molecule is O=Nc1ccccc1-c1cc(-c2ccccc2)cc(-c2ccccc2)n1. The highest BCUT2D eigenvalue weighted by Gasteiger charge is 2.11. The first-order chi connectivity index (χ1) is 12.8. The van der Waals surface area contributed by atoms with Crippen molar-refractivity contribution in [1.29, 1.82) is 0 Å². The summed E-state index contributed by atoms with van der Waals surface area (Å²) in [5.41, 5.74) is 5.91. The van der Waals surface area contributed by atoms with Gasteiger partial charge in [0.15, 0.2) is 0 Å². The molecule has 0 atom stereocenters. The van der Waals surface area contributed by atoms with Crippen molar-refractivity contribution < 1.29 is 0 Å². The Morgan fingerprint density at radius 3 is 1.85 bits per heavy atom. The van der Waals surface area contributed by atoms with Gasteiger partial charge in [0.25, 0.3) is 0 Å². The summed E-state index contributed by atoms with van der Waals surface area (Å²) in [6.45, 7) is 0. The molecule has 1 aromatic heterocycles. The summed E-state index contributed by atoms with van der Waals surface area (Å²) in [5.74, 6) is 0. The van der Waals surface area contributed by atoms with Gasteiger partial charge in [-0.15, -0.1) is 4.91 Å². The number of nitroso groups, excluding NO2 is 1. The second-order valence-electron chi connectivity index (χ2n) is 5.97. The zero-order chi connectivity index (χ0) is 17.8. The summed E-state index contributed by atoms with van der Waals surface area (Å²) >= 11 is 0. The minimum atomic E-state index is 0.393. The van der Waals surface area contributed by atoms with Crippen molar-refractivity contribution in [3.05, 3.63) is 102 Å². The van der Waals surface area contributed by atoms with Gasteiger partial charge < -0.3 is 0 Å². The van der Waals surface area contributed by atoms with Gasteiger partial charge in [-0.05, 0) is 34.5 Å². The number of nitrogens with zero attached hydrogens (tertiary/aromatic N) is 2. The Morgan fingerprint density at radius 1 is 0.577 bits per heavy atom. The van der Waals surface area contributed by atoms with E-state index in [0.717, 1.165) is 33.6 Å². The lowest BCUT2D eigenvalue weighted by atomic mass is 9.99. The first-order valence-corrected chi connectivity index (χ1v) is 8.41. The van der Waals surface area contributed by atoms with Crippen LogP contribution in [0.3, 0.4) is 0 Å². The Morgan fingerprint density at radius 2 is 1.15 bits per heavy atom. The van der Waals surface area contributed by atoms with Crippen LogP contribution in [0, 0.1) is 4.91 Å². The maximum Gasteiger partial charge on any atom is 0.117 e. The largest absolute Gasteiger partial charge is 0.248 e. The van der Waals surface area contributed by atoms with E-state index in [-0.39, 0.29) is 0 Å². The van der Waals surface area contributed by atoms with Crippen molar-refractivity contribution in [1.82, 2.24) is 4.98 Å². The Labute approximate surface area is 152 Å². The van der Waals surface area contributed by atoms with Crippen molar-refractivity contribution in [2.45, 2.75) is 0 Å². The van der Waals surface area contributed by atoms with Gasteiger partial charge in [0, 0.05) is 11.1 Å². The molecule has 1 heterocycles. The smallest absolute Gasteiger partial charge is 0.117 e. The average molecular weight is 336 g/mol. The van der Waals surface area contributed by atoms with Crippen LogP contribution in [-0.4, -0.2) is 4.98 Å². The fourth-order valence-electron chi connectivity index (χ4n) is 2.99. The standard InChI is InChI=1S/C23H16N2O/c26-25-21-14-8-7-13-20(21)23-16-19(17-9-3-1-4-10-17)15-22(24-23)18-11-5-2-6-12-18/h1-16H. The van der Waals surface area contributed by atoms with Crippen LogP contribution in [0.5, 0.6) is 0 Å². The van der Waals surface area contributed by atoms with Crippen molar-refractivity contribution >= 4 is 5.69 Å². The van der Waals surface area contributed by atoms with Gasteiger partial charge in [-0.3, -0.25) is 0 Å². The number of hydrogen-bond donors (Lipinski definition) is 0. The van der Waals surface area contributed by atoms with E-state index in [9.17, 15) is 4.91 Å². The second kappa shape index (κ2) is 7.11. The molecule has 0 spiro atoms. The molecule has 4 aromatic rings. The molecule has 0 unspecified atom stereocenters. The molecule has 3 aromatic carbocycles. The van der Waals surface area contributed by atoms with Gasteiger partial charge in [-0.1, -0.05) is 78.9 Å². The molecule has 0 aliphatic rings. The molecule has 0 fully saturated rings. The van der Waals surface area contributed by atoms with E-state index in [2.05, 4.69) is 23.4 Å². The van der Waals surface area contributed by atoms with Crippen LogP contribution < -0.4 is 0 Å². The lowest BCUT2D eigenvalue weighted by molar-refractivity contribution is 1.31. The van der Waals surface area contributed by atoms with E-state index >= 15 is 0 Å². The lowest BCUT2D eigenvalue weighted by Crippen LogP contribution is -1.91. The van der Waals surface area contributed by atoms with Crippen molar-refractivity contribution in [2.24, 2.45) is 5.18 Å². The topological polar surface area (TPSA) is 42.3 Å². The van der Waals surface area contributed by atoms with E-state index in [1.165, 1.54) is 0 Å². The van der Waals surface area contributed by atoms with E-state index in [1.54, 1.807) is 12.1 Å². The molecule has 4 rings (SSSR count). The maximum absolute atomic E-state index is 11.2. The molecule has 3 heteroatoms. The number of pyridine rings is 1. The lowest BCUT2D eigenvalue weighted by Gasteiger charge is -2.11. The first kappa shape index (κ1) is 15.9. The van der Waals surface area contributed by atoms with Crippen LogP contribution in [0.4, 0.5) is 5.69 Å². The Hall–Kier alpha value is -3.59. The molecule has 0 radical (unpaired) electrons. The third kappa shape index (κ3) is 3.15. The van der Waals surface area contributed by atoms with Crippen molar-refractivity contribution in [3.8, 4) is 33.6 Å². The summed E-state index contributed by atoms with van der Waals surface area (Å²) in [4.78, 5) is 16.0. The van der Waals surface area contributed by atoms with E-state index in [4.69, 9.17) is 4.98 Å². The molecule has 124 valence electrons. The predicted octanol–water partition coefficient (Wildman–Crippen LogP) is 6.48. The van der Waals surface area contributed by atoms with Crippen LogP contribution in [0.15, 0.2) is 102 Å². The quantitative estimate of drug-likeness (QED) is 0.400. The highest BCUT2D eigenvalue weighted by Crippen LogP contribution is 2.34. The van der Waals surface area contributed by atoms with Crippen LogP contribution in [0.1, 0.15) is 0 Å². The van der Waals surface area contributed by atoms with Gasteiger partial charge in [0.1, 0.15) is 5.69 Å². The summed E-state index contributed by atoms with van der Waals surface area (Å²) in [5, 5.41) is 3.16. The number of benzene rings is 3. The summed E-state index contributed by atoms with van der Waals surface area (Å²) < 4.78 is 0. The maximum atomic E-state index is 11.2. The van der Waals surface area contributed by atoms with E-state index < -0.39 is 0 Å². The van der Waals surface area contributed by atoms with Gasteiger partial charge in [0.2, 0.25) is 0 Å². The monoisotopic (exact) mass is 336 g/mol. The number of aromatic nitrogens is 1. The summed E-state index contributed by atoms with van der Waals surface area (Å²) in [6, 6.07) is 31.6. The molecular weight excluding hydrogens is 320 g/mol. The molecule has 0 N–H and O–H groups in total. The third-order valence-electron chi connectivity index (χ3n) is 4.28. The minimum absolute atomic E-state index is 0.393. The van der Waals surface area contributed by atoms with Gasteiger partial charge in [0.05, 0.1) is 11.4 Å². The molecule has 3 nitrogen and oxygen atoms in total. The highest BCUT2D eigenvalue weighted by atomic mass is 16.3. The molecule has 0 bridgehead atoms. The van der Waals surface area contributed by atoms with Gasteiger partial charge in [-0.25, -0.2) is 4.98 Å². The third-order valence-corrected chi connectivity index (χ3v) is 4.28. The zero-order valence-corrected chi connectivity index (χ0v) is 14.0. The number of rotatable bonds is 4. The fourth-order valence-corrected chi connectivity index (χ4v) is 2.99. The van der Waals surface area contributed by atoms with E-state index in [0.29, 0.717) is 5.69 Å². The molecular formula is C23H16N2O. The Bertz CT molecular complexity index is 986. The van der Waals surface area contributed by atoms with E-state index in [1.807, 2.05) is 66.7 Å². The molecule has 0 saturated heterocycles. The van der Waals surface area contributed by atoms with Crippen LogP contribution >= 0.6 is 0 Å². The summed E-state index contributed by atoms with van der Waals surface area (Å²) in [7, 11) is 0.